The number of nitrogens with zero attached hydrogens (tertiary/aromatic N) is 8. The van der Waals surface area contributed by atoms with Crippen molar-refractivity contribution in [2.45, 2.75) is 18.9 Å². The SMILES string of the molecule is CN(C)C1CCN(c2nc(-c3ccc(C#N)cc3)c(-c3ccc4c(c3F)n(C)c(=O)n4C)c3nccn23)CC1. The first kappa shape index (κ1) is 24.8. The molecule has 39 heavy (non-hydrogen) atoms. The van der Waals surface area contributed by atoms with Gasteiger partial charge in [-0.15, -0.1) is 0 Å². The van der Waals surface area contributed by atoms with Crippen molar-refractivity contribution in [1.29, 1.82) is 5.26 Å². The van der Waals surface area contributed by atoms with E-state index in [1.807, 2.05) is 22.7 Å². The maximum absolute atomic E-state index is 16.3. The Hall–Kier alpha value is -4.49. The quantitative estimate of drug-likeness (QED) is 0.356. The van der Waals surface area contributed by atoms with Gasteiger partial charge in [0.05, 0.1) is 28.4 Å². The summed E-state index contributed by atoms with van der Waals surface area (Å²) in [6.07, 6.45) is 5.57. The van der Waals surface area contributed by atoms with Gasteiger partial charge in [0.2, 0.25) is 5.95 Å². The number of rotatable bonds is 4. The summed E-state index contributed by atoms with van der Waals surface area (Å²) in [6, 6.07) is 13.3. The Balaban J connectivity index is 1.61. The molecule has 1 aliphatic heterocycles. The average molecular weight is 525 g/mol. The predicted molar refractivity (Wildman–Crippen MR) is 149 cm³/mol. The lowest BCUT2D eigenvalue weighted by atomic mass is 9.98. The van der Waals surface area contributed by atoms with E-state index in [2.05, 4.69) is 34.9 Å². The molecule has 4 heterocycles. The van der Waals surface area contributed by atoms with Crippen molar-refractivity contribution in [2.24, 2.45) is 14.1 Å². The standard InChI is InChI=1S/C29H29FN8O/c1-34(2)20-11-14-37(15-12-20)28-33-25(19-7-5-18(17-31)6-8-19)23(27-32-13-16-38(27)28)21-9-10-22-26(24(21)30)36(4)29(39)35(22)3/h5-10,13,16,20H,11-12,14-15H2,1-4H3. The Bertz CT molecular complexity index is 1820. The number of anilines is 1. The zero-order chi connectivity index (χ0) is 27.4. The summed E-state index contributed by atoms with van der Waals surface area (Å²) in [5.74, 6) is 0.241. The minimum Gasteiger partial charge on any atom is -0.342 e. The summed E-state index contributed by atoms with van der Waals surface area (Å²) in [5.41, 5.74) is 3.71. The summed E-state index contributed by atoms with van der Waals surface area (Å²) < 4.78 is 21.0. The van der Waals surface area contributed by atoms with Gasteiger partial charge < -0.3 is 9.80 Å². The maximum atomic E-state index is 16.3. The smallest absolute Gasteiger partial charge is 0.328 e. The summed E-state index contributed by atoms with van der Waals surface area (Å²) in [4.78, 5) is 26.9. The van der Waals surface area contributed by atoms with Crippen molar-refractivity contribution in [2.75, 3.05) is 32.1 Å². The predicted octanol–water partition coefficient (Wildman–Crippen LogP) is 3.79. The lowest BCUT2D eigenvalue weighted by molar-refractivity contribution is 0.249. The summed E-state index contributed by atoms with van der Waals surface area (Å²) >= 11 is 0. The van der Waals surface area contributed by atoms with Gasteiger partial charge in [0.1, 0.15) is 11.2 Å². The highest BCUT2D eigenvalue weighted by Gasteiger charge is 2.28. The van der Waals surface area contributed by atoms with Crippen LogP contribution in [0.1, 0.15) is 18.4 Å². The number of hydrogen-bond acceptors (Lipinski definition) is 6. The van der Waals surface area contributed by atoms with Crippen LogP contribution in [0.15, 0.2) is 53.6 Å². The van der Waals surface area contributed by atoms with Gasteiger partial charge in [-0.1, -0.05) is 12.1 Å². The number of piperidine rings is 1. The van der Waals surface area contributed by atoms with E-state index < -0.39 is 5.82 Å². The number of hydrogen-bond donors (Lipinski definition) is 0. The molecule has 10 heteroatoms. The molecule has 0 radical (unpaired) electrons. The highest BCUT2D eigenvalue weighted by atomic mass is 19.1. The number of aryl methyl sites for hydroxylation is 2. The summed E-state index contributed by atoms with van der Waals surface area (Å²) in [5, 5.41) is 9.34. The first-order valence-electron chi connectivity index (χ1n) is 12.9. The number of halogens is 1. The van der Waals surface area contributed by atoms with Crippen LogP contribution in [0.5, 0.6) is 0 Å². The third-order valence-corrected chi connectivity index (χ3v) is 7.93. The molecule has 9 nitrogen and oxygen atoms in total. The van der Waals surface area contributed by atoms with Crippen LogP contribution in [-0.4, -0.2) is 61.6 Å². The van der Waals surface area contributed by atoms with Crippen LogP contribution in [0.3, 0.4) is 0 Å². The van der Waals surface area contributed by atoms with Crippen molar-refractivity contribution >= 4 is 22.6 Å². The topological polar surface area (TPSA) is 87.4 Å². The van der Waals surface area contributed by atoms with Gasteiger partial charge in [-0.25, -0.2) is 19.2 Å². The van der Waals surface area contributed by atoms with E-state index in [-0.39, 0.29) is 11.2 Å². The Morgan fingerprint density at radius 3 is 2.44 bits per heavy atom. The second-order valence-corrected chi connectivity index (χ2v) is 10.3. The largest absolute Gasteiger partial charge is 0.342 e. The van der Waals surface area contributed by atoms with Crippen molar-refractivity contribution in [3.05, 3.63) is 70.7 Å². The van der Waals surface area contributed by atoms with Crippen LogP contribution in [0, 0.1) is 17.1 Å². The maximum Gasteiger partial charge on any atom is 0.328 e. The number of imidazole rings is 2. The van der Waals surface area contributed by atoms with E-state index >= 15 is 4.39 Å². The monoisotopic (exact) mass is 524 g/mol. The molecule has 198 valence electrons. The van der Waals surface area contributed by atoms with Gasteiger partial charge in [-0.05, 0) is 51.2 Å². The Morgan fingerprint density at radius 2 is 1.77 bits per heavy atom. The molecular formula is C29H29FN8O. The highest BCUT2D eigenvalue weighted by Crippen LogP contribution is 2.39. The van der Waals surface area contributed by atoms with E-state index in [9.17, 15) is 10.1 Å². The molecular weight excluding hydrogens is 495 g/mol. The van der Waals surface area contributed by atoms with Gasteiger partial charge in [-0.2, -0.15) is 5.26 Å². The van der Waals surface area contributed by atoms with Crippen LogP contribution in [-0.2, 0) is 14.1 Å². The molecule has 5 aromatic rings. The number of nitriles is 1. The number of fused-ring (bicyclic) bond motifs is 2. The molecule has 0 saturated carbocycles. The van der Waals surface area contributed by atoms with Crippen LogP contribution in [0.25, 0.3) is 39.1 Å². The molecule has 0 aliphatic carbocycles. The zero-order valence-corrected chi connectivity index (χ0v) is 22.4. The van der Waals surface area contributed by atoms with Crippen molar-refractivity contribution in [3.63, 3.8) is 0 Å². The van der Waals surface area contributed by atoms with Crippen molar-refractivity contribution in [3.8, 4) is 28.5 Å². The third kappa shape index (κ3) is 3.89. The zero-order valence-electron chi connectivity index (χ0n) is 22.4. The van der Waals surface area contributed by atoms with Gasteiger partial charge in [-0.3, -0.25) is 13.5 Å². The first-order chi connectivity index (χ1) is 18.8. The first-order valence-corrected chi connectivity index (χ1v) is 12.9. The molecule has 6 rings (SSSR count). The molecule has 1 saturated heterocycles. The fourth-order valence-corrected chi connectivity index (χ4v) is 5.69. The van der Waals surface area contributed by atoms with Gasteiger partial charge in [0.25, 0.3) is 0 Å². The fourth-order valence-electron chi connectivity index (χ4n) is 5.69. The minimum atomic E-state index is -0.506. The average Bonchev–Trinajstić information content (AvgIpc) is 3.53. The molecule has 0 spiro atoms. The highest BCUT2D eigenvalue weighted by molar-refractivity contribution is 5.95. The van der Waals surface area contributed by atoms with E-state index in [4.69, 9.17) is 4.98 Å². The molecule has 0 bridgehead atoms. The number of aromatic nitrogens is 5. The Morgan fingerprint density at radius 1 is 1.05 bits per heavy atom. The molecule has 0 N–H and O–H groups in total. The Labute approximate surface area is 225 Å². The Kier molecular flexibility index (Phi) is 5.96. The van der Waals surface area contributed by atoms with E-state index in [0.717, 1.165) is 37.4 Å². The summed E-state index contributed by atoms with van der Waals surface area (Å²) in [7, 11) is 7.42. The van der Waals surface area contributed by atoms with Crippen LogP contribution in [0.2, 0.25) is 0 Å². The van der Waals surface area contributed by atoms with Gasteiger partial charge in [0.15, 0.2) is 5.82 Å². The van der Waals surface area contributed by atoms with Gasteiger partial charge >= 0.3 is 5.69 Å². The van der Waals surface area contributed by atoms with Crippen LogP contribution >= 0.6 is 0 Å². The molecule has 3 aromatic heterocycles. The molecule has 1 fully saturated rings. The third-order valence-electron chi connectivity index (χ3n) is 7.93. The van der Waals surface area contributed by atoms with Crippen molar-refractivity contribution in [1.82, 2.24) is 28.4 Å². The summed E-state index contributed by atoms with van der Waals surface area (Å²) in [6.45, 7) is 1.67. The molecule has 0 amide bonds. The lowest BCUT2D eigenvalue weighted by Gasteiger charge is -2.36. The fraction of sp³-hybridized carbons (Fsp3) is 0.310. The number of benzene rings is 2. The normalized spacial score (nSPS) is 14.5. The van der Waals surface area contributed by atoms with E-state index in [1.54, 1.807) is 44.6 Å². The molecule has 2 aromatic carbocycles. The molecule has 1 aliphatic rings. The van der Waals surface area contributed by atoms with E-state index in [0.29, 0.717) is 39.6 Å². The van der Waals surface area contributed by atoms with E-state index in [1.165, 1.54) is 9.13 Å². The second-order valence-electron chi connectivity index (χ2n) is 10.3. The van der Waals surface area contributed by atoms with Crippen molar-refractivity contribution < 1.29 is 4.39 Å². The second kappa shape index (κ2) is 9.36. The van der Waals surface area contributed by atoms with Crippen LogP contribution < -0.4 is 10.6 Å². The van der Waals surface area contributed by atoms with Gasteiger partial charge in [0, 0.05) is 56.7 Å². The minimum absolute atomic E-state index is 0.227. The van der Waals surface area contributed by atoms with Crippen LogP contribution in [0.4, 0.5) is 10.3 Å². The molecule has 0 atom stereocenters. The lowest BCUT2D eigenvalue weighted by Crippen LogP contribution is -2.43. The molecule has 0 unspecified atom stereocenters.